The van der Waals surface area contributed by atoms with Crippen LogP contribution in [0.5, 0.6) is 0 Å². The molecule has 0 heterocycles. The second-order valence-electron chi connectivity index (χ2n) is 5.86. The van der Waals surface area contributed by atoms with E-state index in [9.17, 15) is 22.7 Å². The van der Waals surface area contributed by atoms with Crippen molar-refractivity contribution in [1.29, 1.82) is 0 Å². The van der Waals surface area contributed by atoms with Crippen molar-refractivity contribution in [3.63, 3.8) is 0 Å². The fraction of sp³-hybridized carbons (Fsp3) is 0.235. The summed E-state index contributed by atoms with van der Waals surface area (Å²) in [6, 6.07) is 12.9. The highest BCUT2D eigenvalue weighted by atomic mass is 32.2. The van der Waals surface area contributed by atoms with Crippen LogP contribution in [-0.4, -0.2) is 31.3 Å². The maximum absolute atomic E-state index is 13.1. The van der Waals surface area contributed by atoms with Crippen LogP contribution in [0, 0.1) is 11.2 Å². The van der Waals surface area contributed by atoms with Crippen molar-refractivity contribution in [3.05, 3.63) is 66.0 Å². The molecule has 3 atom stereocenters. The maximum atomic E-state index is 13.1. The van der Waals surface area contributed by atoms with E-state index in [1.165, 1.54) is 36.4 Å². The van der Waals surface area contributed by atoms with Crippen LogP contribution in [-0.2, 0) is 14.6 Å². The van der Waals surface area contributed by atoms with E-state index >= 15 is 0 Å². The zero-order valence-corrected chi connectivity index (χ0v) is 13.4. The first-order valence-corrected chi connectivity index (χ1v) is 8.88. The molecule has 0 saturated heterocycles. The minimum absolute atomic E-state index is 0.0543. The normalized spacial score (nSPS) is 26.1. The predicted octanol–water partition coefficient (Wildman–Crippen LogP) is 1.80. The summed E-state index contributed by atoms with van der Waals surface area (Å²) in [5, 5.41) is 8.47. The molecule has 5 nitrogen and oxygen atoms in total. The number of carboxylic acid groups (broad SMARTS) is 1. The molecular formula is C17H16FNO4S. The smallest absolute Gasteiger partial charge is 0.312 e. The number of carboxylic acids is 1. The fourth-order valence-corrected chi connectivity index (χ4v) is 5.75. The van der Waals surface area contributed by atoms with E-state index in [0.29, 0.717) is 5.56 Å². The van der Waals surface area contributed by atoms with Crippen LogP contribution in [0.4, 0.5) is 4.39 Å². The second-order valence-corrected chi connectivity index (χ2v) is 7.93. The summed E-state index contributed by atoms with van der Waals surface area (Å²) in [6.07, 6.45) is 0. The van der Waals surface area contributed by atoms with Gasteiger partial charge in [-0.25, -0.2) is 12.8 Å². The van der Waals surface area contributed by atoms with Gasteiger partial charge in [0, 0.05) is 12.5 Å². The first-order chi connectivity index (χ1) is 11.4. The Balaban J connectivity index is 2.11. The van der Waals surface area contributed by atoms with Gasteiger partial charge in [-0.2, -0.15) is 0 Å². The number of halogens is 1. The molecule has 0 amide bonds. The molecule has 0 spiro atoms. The average molecular weight is 349 g/mol. The number of sulfone groups is 1. The third kappa shape index (κ3) is 2.32. The van der Waals surface area contributed by atoms with Gasteiger partial charge >= 0.3 is 5.97 Å². The molecule has 1 aliphatic carbocycles. The molecule has 7 heteroatoms. The second kappa shape index (κ2) is 5.68. The molecule has 0 unspecified atom stereocenters. The largest absolute Gasteiger partial charge is 0.481 e. The van der Waals surface area contributed by atoms with Crippen molar-refractivity contribution < 1.29 is 22.7 Å². The first-order valence-electron chi connectivity index (χ1n) is 7.33. The number of rotatable bonds is 5. The number of carbonyl (C=O) groups is 1. The Hall–Kier alpha value is -2.25. The molecule has 24 heavy (non-hydrogen) atoms. The van der Waals surface area contributed by atoms with Crippen LogP contribution < -0.4 is 5.73 Å². The molecule has 1 aliphatic rings. The SMILES string of the molecule is NC[C@]1(C(=O)O)[C@H](c2ccc(F)cc2)[C@H]1S(=O)(=O)c1ccccc1. The molecule has 1 saturated carbocycles. The molecule has 2 aromatic carbocycles. The molecule has 2 aromatic rings. The van der Waals surface area contributed by atoms with Gasteiger partial charge in [-0.05, 0) is 29.8 Å². The monoisotopic (exact) mass is 349 g/mol. The van der Waals surface area contributed by atoms with E-state index in [1.807, 2.05) is 0 Å². The highest BCUT2D eigenvalue weighted by molar-refractivity contribution is 7.92. The van der Waals surface area contributed by atoms with Crippen LogP contribution in [0.15, 0.2) is 59.5 Å². The quantitative estimate of drug-likeness (QED) is 0.858. The predicted molar refractivity (Wildman–Crippen MR) is 85.7 cm³/mol. The maximum Gasteiger partial charge on any atom is 0.312 e. The molecule has 3 rings (SSSR count). The molecule has 0 aromatic heterocycles. The standard InChI is InChI=1S/C17H16FNO4S/c18-12-8-6-11(7-9-12)14-15(17(14,10-19)16(20)21)24(22,23)13-4-2-1-3-5-13/h1-9,14-15H,10,19H2,(H,20,21)/t14-,15-,17+/m1/s1. The number of hydrogen-bond acceptors (Lipinski definition) is 4. The molecule has 1 fully saturated rings. The van der Waals surface area contributed by atoms with Crippen LogP contribution in [0.25, 0.3) is 0 Å². The minimum atomic E-state index is -3.89. The summed E-state index contributed by atoms with van der Waals surface area (Å²) in [4.78, 5) is 11.9. The topological polar surface area (TPSA) is 97.5 Å². The van der Waals surface area contributed by atoms with Gasteiger partial charge in [0.05, 0.1) is 10.1 Å². The van der Waals surface area contributed by atoms with Crippen molar-refractivity contribution in [2.75, 3.05) is 6.54 Å². The van der Waals surface area contributed by atoms with Gasteiger partial charge in [0.25, 0.3) is 0 Å². The van der Waals surface area contributed by atoms with Gasteiger partial charge in [0.15, 0.2) is 9.84 Å². The van der Waals surface area contributed by atoms with E-state index in [4.69, 9.17) is 5.73 Å². The average Bonchev–Trinajstić information content (AvgIpc) is 3.28. The Morgan fingerprint density at radius 1 is 1.12 bits per heavy atom. The number of nitrogens with two attached hydrogens (primary N) is 1. The summed E-state index contributed by atoms with van der Waals surface area (Å²) >= 11 is 0. The van der Waals surface area contributed by atoms with Crippen LogP contribution in [0.3, 0.4) is 0 Å². The third-order valence-corrected chi connectivity index (χ3v) is 6.92. The van der Waals surface area contributed by atoms with Crippen LogP contribution in [0.2, 0.25) is 0 Å². The van der Waals surface area contributed by atoms with E-state index in [1.54, 1.807) is 18.2 Å². The van der Waals surface area contributed by atoms with Crippen molar-refractivity contribution in [2.45, 2.75) is 16.1 Å². The zero-order valence-electron chi connectivity index (χ0n) is 12.6. The van der Waals surface area contributed by atoms with Gasteiger partial charge < -0.3 is 10.8 Å². The Morgan fingerprint density at radius 2 is 1.71 bits per heavy atom. The van der Waals surface area contributed by atoms with Crippen LogP contribution in [0.1, 0.15) is 11.5 Å². The number of aliphatic carboxylic acids is 1. The van der Waals surface area contributed by atoms with Gasteiger partial charge in [-0.1, -0.05) is 30.3 Å². The van der Waals surface area contributed by atoms with Crippen molar-refractivity contribution in [1.82, 2.24) is 0 Å². The minimum Gasteiger partial charge on any atom is -0.481 e. The molecule has 126 valence electrons. The Labute approximate surface area is 138 Å². The fourth-order valence-electron chi connectivity index (χ4n) is 3.35. The number of benzene rings is 2. The van der Waals surface area contributed by atoms with Crippen molar-refractivity contribution >= 4 is 15.8 Å². The van der Waals surface area contributed by atoms with E-state index in [-0.39, 0.29) is 11.4 Å². The summed E-state index contributed by atoms with van der Waals surface area (Å²) in [5.74, 6) is -2.55. The van der Waals surface area contributed by atoms with Crippen molar-refractivity contribution in [3.8, 4) is 0 Å². The summed E-state index contributed by atoms with van der Waals surface area (Å²) in [5.41, 5.74) is 4.52. The highest BCUT2D eigenvalue weighted by Gasteiger charge is 2.75. The Kier molecular flexibility index (Phi) is 3.93. The first kappa shape index (κ1) is 16.6. The summed E-state index contributed by atoms with van der Waals surface area (Å²) in [7, 11) is -3.89. The Morgan fingerprint density at radius 3 is 2.21 bits per heavy atom. The van der Waals surface area contributed by atoms with Gasteiger partial charge in [-0.15, -0.1) is 0 Å². The lowest BCUT2D eigenvalue weighted by Crippen LogP contribution is -2.31. The lowest BCUT2D eigenvalue weighted by Gasteiger charge is -2.10. The van der Waals surface area contributed by atoms with E-state index < -0.39 is 38.2 Å². The molecule has 3 N–H and O–H groups in total. The molecule has 0 aliphatic heterocycles. The number of hydrogen-bond donors (Lipinski definition) is 2. The van der Waals surface area contributed by atoms with Gasteiger partial charge in [-0.3, -0.25) is 4.79 Å². The summed E-state index contributed by atoms with van der Waals surface area (Å²) in [6.45, 7) is -0.318. The van der Waals surface area contributed by atoms with Crippen LogP contribution >= 0.6 is 0 Å². The van der Waals surface area contributed by atoms with Crippen molar-refractivity contribution in [2.24, 2.45) is 11.1 Å². The van der Waals surface area contributed by atoms with E-state index in [0.717, 1.165) is 0 Å². The molecule has 0 bridgehead atoms. The Bertz CT molecular complexity index is 867. The van der Waals surface area contributed by atoms with Gasteiger partial charge in [0.2, 0.25) is 0 Å². The third-order valence-electron chi connectivity index (χ3n) is 4.63. The van der Waals surface area contributed by atoms with E-state index in [2.05, 4.69) is 0 Å². The zero-order chi connectivity index (χ0) is 17.5. The lowest BCUT2D eigenvalue weighted by atomic mass is 9.99. The molecule has 0 radical (unpaired) electrons. The summed E-state index contributed by atoms with van der Waals surface area (Å²) < 4.78 is 39.0. The lowest BCUT2D eigenvalue weighted by molar-refractivity contribution is -0.143. The van der Waals surface area contributed by atoms with Gasteiger partial charge in [0.1, 0.15) is 11.2 Å². The molecular weight excluding hydrogens is 333 g/mol. The highest BCUT2D eigenvalue weighted by Crippen LogP contribution is 2.63.